The predicted octanol–water partition coefficient (Wildman–Crippen LogP) is 3.29. The van der Waals surface area contributed by atoms with E-state index >= 15 is 0 Å². The molecule has 0 aromatic heterocycles. The summed E-state index contributed by atoms with van der Waals surface area (Å²) in [6.07, 6.45) is 5.22. The highest BCUT2D eigenvalue weighted by Gasteiger charge is 2.36. The van der Waals surface area contributed by atoms with Gasteiger partial charge in [0, 0.05) is 13.1 Å². The quantitative estimate of drug-likeness (QED) is 0.844. The van der Waals surface area contributed by atoms with E-state index in [2.05, 4.69) is 24.0 Å². The third kappa shape index (κ3) is 2.38. The molecule has 2 fully saturated rings. The molecule has 2 aliphatic rings. The van der Waals surface area contributed by atoms with Crippen LogP contribution in [0.3, 0.4) is 0 Å². The van der Waals surface area contributed by atoms with Crippen molar-refractivity contribution < 1.29 is 4.74 Å². The van der Waals surface area contributed by atoms with Crippen molar-refractivity contribution in [2.24, 2.45) is 11.8 Å². The van der Waals surface area contributed by atoms with Gasteiger partial charge in [0.15, 0.2) is 0 Å². The molecule has 0 spiro atoms. The third-order valence-electron chi connectivity index (χ3n) is 4.57. The largest absolute Gasteiger partial charge is 0.491 e. The molecule has 0 bridgehead atoms. The topological polar surface area (TPSA) is 38.5 Å². The number of hydrogen-bond acceptors (Lipinski definition) is 3. The minimum absolute atomic E-state index is 0.735. The van der Waals surface area contributed by atoms with Crippen molar-refractivity contribution >= 4 is 11.4 Å². The Morgan fingerprint density at radius 1 is 1.26 bits per heavy atom. The molecule has 1 aromatic carbocycles. The van der Waals surface area contributed by atoms with E-state index in [1.165, 1.54) is 38.0 Å². The highest BCUT2D eigenvalue weighted by molar-refractivity contribution is 5.74. The summed E-state index contributed by atoms with van der Waals surface area (Å²) >= 11 is 0. The van der Waals surface area contributed by atoms with Crippen molar-refractivity contribution in [2.45, 2.75) is 32.6 Å². The fourth-order valence-electron chi connectivity index (χ4n) is 3.58. The lowest BCUT2D eigenvalue weighted by atomic mass is 10.0. The summed E-state index contributed by atoms with van der Waals surface area (Å²) in [5.74, 6) is 2.62. The van der Waals surface area contributed by atoms with Crippen molar-refractivity contribution in [3.63, 3.8) is 0 Å². The fraction of sp³-hybridized carbons (Fsp3) is 0.625. The van der Waals surface area contributed by atoms with Crippen LogP contribution in [0, 0.1) is 11.8 Å². The van der Waals surface area contributed by atoms with Crippen molar-refractivity contribution in [3.05, 3.63) is 18.2 Å². The first-order valence-corrected chi connectivity index (χ1v) is 7.55. The Kier molecular flexibility index (Phi) is 3.54. The first-order chi connectivity index (χ1) is 9.29. The lowest BCUT2D eigenvalue weighted by Crippen LogP contribution is -2.22. The number of fused-ring (bicyclic) bond motifs is 1. The maximum atomic E-state index is 6.29. The summed E-state index contributed by atoms with van der Waals surface area (Å²) in [5, 5.41) is 0. The smallest absolute Gasteiger partial charge is 0.144 e. The monoisotopic (exact) mass is 260 g/mol. The van der Waals surface area contributed by atoms with Gasteiger partial charge in [-0.15, -0.1) is 0 Å². The van der Waals surface area contributed by atoms with E-state index in [1.807, 2.05) is 6.07 Å². The molecule has 1 aromatic rings. The first-order valence-electron chi connectivity index (χ1n) is 7.55. The molecule has 1 aliphatic heterocycles. The van der Waals surface area contributed by atoms with Gasteiger partial charge in [0.2, 0.25) is 0 Å². The number of nitrogens with two attached hydrogens (primary N) is 1. The van der Waals surface area contributed by atoms with Crippen LogP contribution in [0.5, 0.6) is 5.75 Å². The molecule has 1 saturated carbocycles. The molecule has 1 aliphatic carbocycles. The molecule has 0 radical (unpaired) electrons. The SMILES string of the molecule is CCCOc1cccc(N2CC3CCCC3C2)c1N. The predicted molar refractivity (Wildman–Crippen MR) is 79.7 cm³/mol. The van der Waals surface area contributed by atoms with Gasteiger partial charge in [-0.3, -0.25) is 0 Å². The van der Waals surface area contributed by atoms with Crippen LogP contribution in [-0.2, 0) is 0 Å². The Labute approximate surface area is 115 Å². The van der Waals surface area contributed by atoms with Crippen molar-refractivity contribution in [2.75, 3.05) is 30.3 Å². The highest BCUT2D eigenvalue weighted by Crippen LogP contribution is 2.42. The molecule has 3 heteroatoms. The van der Waals surface area contributed by atoms with Crippen LogP contribution < -0.4 is 15.4 Å². The molecule has 3 nitrogen and oxygen atoms in total. The Bertz CT molecular complexity index is 434. The minimum atomic E-state index is 0.735. The van der Waals surface area contributed by atoms with Crippen LogP contribution in [0.15, 0.2) is 18.2 Å². The summed E-state index contributed by atoms with van der Waals surface area (Å²) in [6.45, 7) is 5.19. The van der Waals surface area contributed by atoms with E-state index < -0.39 is 0 Å². The van der Waals surface area contributed by atoms with Crippen LogP contribution in [0.2, 0.25) is 0 Å². The zero-order chi connectivity index (χ0) is 13.2. The summed E-state index contributed by atoms with van der Waals surface area (Å²) < 4.78 is 5.73. The molecule has 2 atom stereocenters. The third-order valence-corrected chi connectivity index (χ3v) is 4.57. The van der Waals surface area contributed by atoms with Crippen LogP contribution in [0.4, 0.5) is 11.4 Å². The second-order valence-corrected chi connectivity index (χ2v) is 5.89. The van der Waals surface area contributed by atoms with Gasteiger partial charge in [0.25, 0.3) is 0 Å². The normalized spacial score (nSPS) is 25.6. The van der Waals surface area contributed by atoms with E-state index in [-0.39, 0.29) is 0 Å². The Balaban J connectivity index is 1.77. The average molecular weight is 260 g/mol. The number of rotatable bonds is 4. The first kappa shape index (κ1) is 12.6. The lowest BCUT2D eigenvalue weighted by Gasteiger charge is -2.22. The minimum Gasteiger partial charge on any atom is -0.491 e. The van der Waals surface area contributed by atoms with Crippen molar-refractivity contribution in [1.82, 2.24) is 0 Å². The molecule has 19 heavy (non-hydrogen) atoms. The number of anilines is 2. The number of nitrogen functional groups attached to an aromatic ring is 1. The number of hydrogen-bond donors (Lipinski definition) is 1. The summed E-state index contributed by atoms with van der Waals surface area (Å²) in [5.41, 5.74) is 8.27. The average Bonchev–Trinajstić information content (AvgIpc) is 2.98. The van der Waals surface area contributed by atoms with Gasteiger partial charge in [-0.1, -0.05) is 19.4 Å². The second kappa shape index (κ2) is 5.32. The van der Waals surface area contributed by atoms with Gasteiger partial charge in [0.05, 0.1) is 18.0 Å². The van der Waals surface area contributed by atoms with E-state index in [0.29, 0.717) is 0 Å². The van der Waals surface area contributed by atoms with Gasteiger partial charge in [0.1, 0.15) is 5.75 Å². The molecule has 104 valence electrons. The molecule has 3 rings (SSSR count). The van der Waals surface area contributed by atoms with Gasteiger partial charge in [-0.05, 0) is 43.2 Å². The van der Waals surface area contributed by atoms with Gasteiger partial charge in [-0.25, -0.2) is 0 Å². The molecule has 2 N–H and O–H groups in total. The van der Waals surface area contributed by atoms with Crippen molar-refractivity contribution in [1.29, 1.82) is 0 Å². The maximum absolute atomic E-state index is 6.29. The van der Waals surface area contributed by atoms with E-state index in [4.69, 9.17) is 10.5 Å². The molecular weight excluding hydrogens is 236 g/mol. The molecule has 1 heterocycles. The number of ether oxygens (including phenoxy) is 1. The van der Waals surface area contributed by atoms with E-state index in [0.717, 1.165) is 36.3 Å². The molecular formula is C16H24N2O. The zero-order valence-electron chi connectivity index (χ0n) is 11.8. The van der Waals surface area contributed by atoms with Crippen LogP contribution >= 0.6 is 0 Å². The van der Waals surface area contributed by atoms with Gasteiger partial charge < -0.3 is 15.4 Å². The lowest BCUT2D eigenvalue weighted by molar-refractivity contribution is 0.319. The Morgan fingerprint density at radius 2 is 2.00 bits per heavy atom. The van der Waals surface area contributed by atoms with Gasteiger partial charge >= 0.3 is 0 Å². The maximum Gasteiger partial charge on any atom is 0.144 e. The fourth-order valence-corrected chi connectivity index (χ4v) is 3.58. The Hall–Kier alpha value is -1.38. The number of nitrogens with zero attached hydrogens (tertiary/aromatic N) is 1. The van der Waals surface area contributed by atoms with E-state index in [9.17, 15) is 0 Å². The summed E-state index contributed by atoms with van der Waals surface area (Å²) in [7, 11) is 0. The van der Waals surface area contributed by atoms with Crippen LogP contribution in [-0.4, -0.2) is 19.7 Å². The molecule has 1 saturated heterocycles. The van der Waals surface area contributed by atoms with E-state index in [1.54, 1.807) is 0 Å². The van der Waals surface area contributed by atoms with Gasteiger partial charge in [-0.2, -0.15) is 0 Å². The zero-order valence-corrected chi connectivity index (χ0v) is 11.8. The standard InChI is InChI=1S/C16H24N2O/c1-2-9-19-15-8-4-7-14(16(15)17)18-10-12-5-3-6-13(12)11-18/h4,7-8,12-13H,2-3,5-6,9-11,17H2,1H3. The van der Waals surface area contributed by atoms with Crippen LogP contribution in [0.1, 0.15) is 32.6 Å². The van der Waals surface area contributed by atoms with Crippen molar-refractivity contribution in [3.8, 4) is 5.75 Å². The summed E-state index contributed by atoms with van der Waals surface area (Å²) in [6, 6.07) is 6.17. The Morgan fingerprint density at radius 3 is 2.68 bits per heavy atom. The summed E-state index contributed by atoms with van der Waals surface area (Å²) in [4.78, 5) is 2.46. The van der Waals surface area contributed by atoms with Crippen LogP contribution in [0.25, 0.3) is 0 Å². The highest BCUT2D eigenvalue weighted by atomic mass is 16.5. The molecule has 0 amide bonds. The number of para-hydroxylation sites is 1. The number of benzene rings is 1. The second-order valence-electron chi connectivity index (χ2n) is 5.89. The molecule has 2 unspecified atom stereocenters.